The molecule has 1 aromatic heterocycles. The zero-order valence-corrected chi connectivity index (χ0v) is 16.0. The highest BCUT2D eigenvalue weighted by molar-refractivity contribution is 7.16. The summed E-state index contributed by atoms with van der Waals surface area (Å²) < 4.78 is 13.8. The number of amides is 1. The van der Waals surface area contributed by atoms with E-state index in [1.165, 1.54) is 11.3 Å². The quantitative estimate of drug-likeness (QED) is 0.663. The molecule has 0 unspecified atom stereocenters. The van der Waals surface area contributed by atoms with Gasteiger partial charge in [-0.15, -0.1) is 0 Å². The third-order valence-electron chi connectivity index (χ3n) is 3.98. The van der Waals surface area contributed by atoms with Gasteiger partial charge in [0, 0.05) is 19.2 Å². The van der Waals surface area contributed by atoms with E-state index in [4.69, 9.17) is 9.47 Å². The monoisotopic (exact) mass is 370 g/mol. The van der Waals surface area contributed by atoms with Crippen molar-refractivity contribution in [3.05, 3.63) is 58.4 Å². The van der Waals surface area contributed by atoms with Gasteiger partial charge in [-0.3, -0.25) is 4.79 Å². The first-order valence-electron chi connectivity index (χ1n) is 8.53. The van der Waals surface area contributed by atoms with Gasteiger partial charge in [0.15, 0.2) is 4.80 Å². The van der Waals surface area contributed by atoms with E-state index in [0.29, 0.717) is 30.1 Å². The van der Waals surface area contributed by atoms with Crippen molar-refractivity contribution in [3.8, 4) is 5.75 Å². The molecule has 0 atom stereocenters. The third-order valence-corrected chi connectivity index (χ3v) is 5.02. The molecule has 0 fully saturated rings. The summed E-state index contributed by atoms with van der Waals surface area (Å²) in [5.41, 5.74) is 2.72. The second-order valence-corrected chi connectivity index (χ2v) is 6.88. The number of carbonyl (C=O) groups is 1. The van der Waals surface area contributed by atoms with Gasteiger partial charge >= 0.3 is 0 Å². The van der Waals surface area contributed by atoms with Gasteiger partial charge in [0.25, 0.3) is 5.91 Å². The van der Waals surface area contributed by atoms with Crippen LogP contribution in [-0.2, 0) is 11.3 Å². The van der Waals surface area contributed by atoms with Crippen LogP contribution in [0.5, 0.6) is 5.75 Å². The average molecular weight is 370 g/mol. The van der Waals surface area contributed by atoms with Crippen molar-refractivity contribution in [1.82, 2.24) is 4.57 Å². The van der Waals surface area contributed by atoms with Crippen LogP contribution in [0.4, 0.5) is 0 Å². The molecule has 3 rings (SSSR count). The van der Waals surface area contributed by atoms with Gasteiger partial charge in [-0.05, 0) is 44.2 Å². The lowest BCUT2D eigenvalue weighted by Gasteiger charge is -2.06. The number of thiazole rings is 1. The molecular formula is C20H22N2O3S. The minimum Gasteiger partial charge on any atom is -0.494 e. The fourth-order valence-electron chi connectivity index (χ4n) is 2.64. The zero-order chi connectivity index (χ0) is 18.5. The highest BCUT2D eigenvalue weighted by Gasteiger charge is 2.10. The lowest BCUT2D eigenvalue weighted by atomic mass is 10.1. The first-order valence-corrected chi connectivity index (χ1v) is 9.35. The molecule has 5 nitrogen and oxygen atoms in total. The molecule has 0 N–H and O–H groups in total. The van der Waals surface area contributed by atoms with Crippen LogP contribution in [-0.4, -0.2) is 30.8 Å². The van der Waals surface area contributed by atoms with Gasteiger partial charge < -0.3 is 14.0 Å². The summed E-state index contributed by atoms with van der Waals surface area (Å²) in [7, 11) is 1.66. The van der Waals surface area contributed by atoms with Crippen LogP contribution in [0.3, 0.4) is 0 Å². The lowest BCUT2D eigenvalue weighted by molar-refractivity contribution is 0.0997. The topological polar surface area (TPSA) is 52.8 Å². The highest BCUT2D eigenvalue weighted by Crippen LogP contribution is 2.23. The SMILES string of the molecule is CCOc1ccc2c(c1)sc(=NC(=O)c1ccc(C)cc1)n2CCOC. The normalized spacial score (nSPS) is 11.9. The zero-order valence-electron chi connectivity index (χ0n) is 15.2. The van der Waals surface area contributed by atoms with Gasteiger partial charge in [0.1, 0.15) is 5.75 Å². The van der Waals surface area contributed by atoms with Crippen LogP contribution in [0.1, 0.15) is 22.8 Å². The lowest BCUT2D eigenvalue weighted by Crippen LogP contribution is -2.19. The number of ether oxygens (including phenoxy) is 2. The van der Waals surface area contributed by atoms with E-state index >= 15 is 0 Å². The second-order valence-electron chi connectivity index (χ2n) is 5.87. The molecule has 0 aliphatic rings. The summed E-state index contributed by atoms with van der Waals surface area (Å²) >= 11 is 1.48. The van der Waals surface area contributed by atoms with Crippen LogP contribution in [0.2, 0.25) is 0 Å². The van der Waals surface area contributed by atoms with Gasteiger partial charge in [-0.1, -0.05) is 29.0 Å². The third kappa shape index (κ3) is 4.03. The van der Waals surface area contributed by atoms with Crippen molar-refractivity contribution in [2.24, 2.45) is 4.99 Å². The van der Waals surface area contributed by atoms with Crippen LogP contribution in [0.15, 0.2) is 47.5 Å². The Morgan fingerprint density at radius 1 is 1.19 bits per heavy atom. The highest BCUT2D eigenvalue weighted by atomic mass is 32.1. The van der Waals surface area contributed by atoms with E-state index in [2.05, 4.69) is 4.99 Å². The molecule has 2 aromatic carbocycles. The molecule has 1 amide bonds. The maximum Gasteiger partial charge on any atom is 0.279 e. The van der Waals surface area contributed by atoms with E-state index in [9.17, 15) is 4.79 Å². The Balaban J connectivity index is 2.07. The van der Waals surface area contributed by atoms with Crippen LogP contribution in [0, 0.1) is 6.92 Å². The molecule has 0 aliphatic carbocycles. The summed E-state index contributed by atoms with van der Waals surface area (Å²) in [6.45, 7) is 5.74. The van der Waals surface area contributed by atoms with Gasteiger partial charge in [-0.25, -0.2) is 0 Å². The first-order chi connectivity index (χ1) is 12.6. The van der Waals surface area contributed by atoms with Crippen LogP contribution < -0.4 is 9.54 Å². The summed E-state index contributed by atoms with van der Waals surface area (Å²) in [6, 6.07) is 13.4. The van der Waals surface area contributed by atoms with Crippen molar-refractivity contribution in [3.63, 3.8) is 0 Å². The smallest absolute Gasteiger partial charge is 0.279 e. The minimum atomic E-state index is -0.243. The number of benzene rings is 2. The van der Waals surface area contributed by atoms with Crippen molar-refractivity contribution >= 4 is 27.5 Å². The fraction of sp³-hybridized carbons (Fsp3) is 0.300. The van der Waals surface area contributed by atoms with Crippen molar-refractivity contribution in [1.29, 1.82) is 0 Å². The molecule has 3 aromatic rings. The van der Waals surface area contributed by atoms with Gasteiger partial charge in [0.2, 0.25) is 0 Å². The summed E-state index contributed by atoms with van der Waals surface area (Å²) in [5, 5.41) is 0. The minimum absolute atomic E-state index is 0.243. The number of hydrogen-bond donors (Lipinski definition) is 0. The Kier molecular flexibility index (Phi) is 5.85. The molecule has 0 saturated carbocycles. The number of aromatic nitrogens is 1. The molecule has 1 heterocycles. The molecular weight excluding hydrogens is 348 g/mol. The van der Waals surface area contributed by atoms with E-state index < -0.39 is 0 Å². The van der Waals surface area contributed by atoms with E-state index in [0.717, 1.165) is 21.5 Å². The van der Waals surface area contributed by atoms with E-state index in [1.54, 1.807) is 19.2 Å². The number of fused-ring (bicyclic) bond motifs is 1. The van der Waals surface area contributed by atoms with Gasteiger partial charge in [-0.2, -0.15) is 4.99 Å². The molecule has 136 valence electrons. The second kappa shape index (κ2) is 8.29. The Bertz CT molecular complexity index is 971. The maximum absolute atomic E-state index is 12.6. The standard InChI is InChI=1S/C20H22N2O3S/c1-4-25-16-9-10-17-18(13-16)26-20(22(17)11-12-24-3)21-19(23)15-7-5-14(2)6-8-15/h5-10,13H,4,11-12H2,1-3H3. The van der Waals surface area contributed by atoms with Crippen molar-refractivity contribution < 1.29 is 14.3 Å². The fourth-order valence-corrected chi connectivity index (χ4v) is 3.72. The molecule has 0 radical (unpaired) electrons. The summed E-state index contributed by atoms with van der Waals surface area (Å²) in [6.07, 6.45) is 0. The molecule has 26 heavy (non-hydrogen) atoms. The number of rotatable bonds is 6. The number of nitrogens with zero attached hydrogens (tertiary/aromatic N) is 2. The molecule has 0 bridgehead atoms. The number of carbonyl (C=O) groups excluding carboxylic acids is 1. The van der Waals surface area contributed by atoms with Crippen molar-refractivity contribution in [2.75, 3.05) is 20.3 Å². The predicted molar refractivity (Wildman–Crippen MR) is 104 cm³/mol. The van der Waals surface area contributed by atoms with E-state index in [-0.39, 0.29) is 5.91 Å². The molecule has 0 aliphatic heterocycles. The number of methoxy groups -OCH3 is 1. The van der Waals surface area contributed by atoms with Crippen molar-refractivity contribution in [2.45, 2.75) is 20.4 Å². The number of aryl methyl sites for hydroxylation is 1. The summed E-state index contributed by atoms with van der Waals surface area (Å²) in [4.78, 5) is 17.6. The number of hydrogen-bond acceptors (Lipinski definition) is 4. The molecule has 0 spiro atoms. The Hall–Kier alpha value is -2.44. The predicted octanol–water partition coefficient (Wildman–Crippen LogP) is 3.80. The Morgan fingerprint density at radius 2 is 1.96 bits per heavy atom. The van der Waals surface area contributed by atoms with Gasteiger partial charge in [0.05, 0.1) is 23.4 Å². The van der Waals surface area contributed by atoms with E-state index in [1.807, 2.05) is 48.7 Å². The van der Waals surface area contributed by atoms with Crippen LogP contribution in [0.25, 0.3) is 10.2 Å². The Morgan fingerprint density at radius 3 is 2.65 bits per heavy atom. The maximum atomic E-state index is 12.6. The average Bonchev–Trinajstić information content (AvgIpc) is 2.97. The first kappa shape index (κ1) is 18.4. The van der Waals surface area contributed by atoms with Crippen LogP contribution >= 0.6 is 11.3 Å². The Labute approximate surface area is 156 Å². The largest absolute Gasteiger partial charge is 0.494 e. The summed E-state index contributed by atoms with van der Waals surface area (Å²) in [5.74, 6) is 0.573. The molecule has 0 saturated heterocycles. The molecule has 6 heteroatoms.